The zero-order valence-electron chi connectivity index (χ0n) is 26.7. The first-order valence-electron chi connectivity index (χ1n) is 13.9. The van der Waals surface area contributed by atoms with E-state index in [1.165, 1.54) is 12.3 Å². The average molecular weight is 684 g/mol. The number of aromatic nitrogens is 2. The summed E-state index contributed by atoms with van der Waals surface area (Å²) in [4.78, 5) is 65.2. The van der Waals surface area contributed by atoms with Gasteiger partial charge in [0.15, 0.2) is 10.9 Å². The normalized spacial score (nSPS) is 22.3. The SMILES string of the molecule is C[C@H]1[C@H](F)[C@H](n2ccc(N(C(=O)OC(C)(C)C)C(=O)OC(C)(C)C)nc2=O)S[C@@H]1COP(=O)(O)OCCSC(=O)C(C)(C)C. The molecule has 5 atom stereocenters. The average Bonchev–Trinajstić information content (AvgIpc) is 3.11. The van der Waals surface area contributed by atoms with Crippen LogP contribution in [-0.4, -0.2) is 73.3 Å². The third-order valence-corrected chi connectivity index (χ3v) is 9.64. The quantitative estimate of drug-likeness (QED) is 0.240. The smallest absolute Gasteiger partial charge is 0.443 e. The molecule has 1 unspecified atom stereocenters. The van der Waals surface area contributed by atoms with Crippen molar-refractivity contribution in [2.45, 2.75) is 97.2 Å². The second-order valence-electron chi connectivity index (χ2n) is 13.1. The van der Waals surface area contributed by atoms with Crippen molar-refractivity contribution in [1.82, 2.24) is 9.55 Å². The van der Waals surface area contributed by atoms with Crippen LogP contribution in [0, 0.1) is 11.3 Å². The Morgan fingerprint density at radius 3 is 2.09 bits per heavy atom. The minimum Gasteiger partial charge on any atom is -0.443 e. The molecule has 2 amide bonds. The predicted octanol–water partition coefficient (Wildman–Crippen LogP) is 5.95. The van der Waals surface area contributed by atoms with Gasteiger partial charge in [-0.05, 0) is 47.6 Å². The molecule has 1 aliphatic rings. The molecule has 1 aliphatic heterocycles. The molecule has 1 aromatic rings. The summed E-state index contributed by atoms with van der Waals surface area (Å²) in [5.41, 5.74) is -3.47. The summed E-state index contributed by atoms with van der Waals surface area (Å²) in [6.45, 7) is 15.9. The van der Waals surface area contributed by atoms with Crippen LogP contribution in [-0.2, 0) is 27.9 Å². The number of ether oxygens (including phenoxy) is 2. The molecule has 13 nitrogen and oxygen atoms in total. The third-order valence-electron chi connectivity index (χ3n) is 5.73. The predicted molar refractivity (Wildman–Crippen MR) is 167 cm³/mol. The first-order valence-corrected chi connectivity index (χ1v) is 17.3. The zero-order valence-corrected chi connectivity index (χ0v) is 29.2. The number of rotatable bonds is 9. The second kappa shape index (κ2) is 14.6. The largest absolute Gasteiger partial charge is 0.472 e. The molecule has 0 aromatic carbocycles. The summed E-state index contributed by atoms with van der Waals surface area (Å²) < 4.78 is 49.4. The van der Waals surface area contributed by atoms with Crippen LogP contribution in [0.3, 0.4) is 0 Å². The number of hydrogen-bond acceptors (Lipinski definition) is 12. The number of phosphoric acid groups is 1. The fourth-order valence-electron chi connectivity index (χ4n) is 3.56. The molecule has 1 saturated heterocycles. The topological polar surface area (TPSA) is 164 Å². The molecule has 17 heteroatoms. The van der Waals surface area contributed by atoms with Crippen LogP contribution in [0.25, 0.3) is 0 Å². The highest BCUT2D eigenvalue weighted by molar-refractivity contribution is 8.13. The number of amides is 2. The van der Waals surface area contributed by atoms with Crippen LogP contribution in [0.2, 0.25) is 0 Å². The molecule has 1 aromatic heterocycles. The van der Waals surface area contributed by atoms with Crippen molar-refractivity contribution in [3.8, 4) is 0 Å². The Kier molecular flexibility index (Phi) is 12.7. The van der Waals surface area contributed by atoms with Gasteiger partial charge in [0.25, 0.3) is 0 Å². The molecule has 0 radical (unpaired) electrons. The Labute approximate surface area is 265 Å². The number of carbonyl (C=O) groups excluding carboxylic acids is 3. The molecule has 0 aliphatic carbocycles. The number of nitrogens with zero attached hydrogens (tertiary/aromatic N) is 3. The number of phosphoric ester groups is 1. The van der Waals surface area contributed by atoms with Gasteiger partial charge in [-0.15, -0.1) is 11.8 Å². The van der Waals surface area contributed by atoms with Gasteiger partial charge in [0.1, 0.15) is 22.7 Å². The number of hydrogen-bond donors (Lipinski definition) is 1. The number of alkyl halides is 1. The Balaban J connectivity index is 2.14. The van der Waals surface area contributed by atoms with E-state index in [2.05, 4.69) is 4.98 Å². The lowest BCUT2D eigenvalue weighted by Crippen LogP contribution is -2.45. The number of imide groups is 1. The first-order chi connectivity index (χ1) is 19.9. The highest BCUT2D eigenvalue weighted by atomic mass is 32.2. The van der Waals surface area contributed by atoms with E-state index in [0.717, 1.165) is 28.1 Å². The van der Waals surface area contributed by atoms with Crippen molar-refractivity contribution in [2.24, 2.45) is 11.3 Å². The van der Waals surface area contributed by atoms with Gasteiger partial charge >= 0.3 is 25.7 Å². The maximum Gasteiger partial charge on any atom is 0.472 e. The van der Waals surface area contributed by atoms with Gasteiger partial charge in [0, 0.05) is 28.5 Å². The van der Waals surface area contributed by atoms with Gasteiger partial charge in [-0.1, -0.05) is 39.5 Å². The van der Waals surface area contributed by atoms with E-state index in [9.17, 15) is 28.6 Å². The molecule has 0 saturated carbocycles. The van der Waals surface area contributed by atoms with Crippen LogP contribution in [0.5, 0.6) is 0 Å². The second-order valence-corrected chi connectivity index (χ2v) is 17.0. The van der Waals surface area contributed by atoms with Gasteiger partial charge in [-0.25, -0.2) is 23.3 Å². The van der Waals surface area contributed by atoms with Crippen LogP contribution in [0.15, 0.2) is 17.1 Å². The van der Waals surface area contributed by atoms with Gasteiger partial charge < -0.3 is 14.4 Å². The van der Waals surface area contributed by atoms with Crippen LogP contribution in [0.4, 0.5) is 19.8 Å². The summed E-state index contributed by atoms with van der Waals surface area (Å²) in [7, 11) is -4.49. The standard InChI is InChI=1S/C27H43FN3O10PS2/c1-16-17(15-39-42(36,37)38-13-14-43-21(32)25(2,3)4)44-20(19(16)28)30-12-11-18(29-22(30)33)31(23(34)40-26(5,6)7)24(35)41-27(8,9)10/h11-12,16-17,19-20H,13-15H2,1-10H3,(H,36,37)/t16-,17-,19+,20-/m1/s1. The molecule has 2 heterocycles. The van der Waals surface area contributed by atoms with Crippen molar-refractivity contribution in [3.05, 3.63) is 22.7 Å². The van der Waals surface area contributed by atoms with Crippen LogP contribution < -0.4 is 10.6 Å². The Morgan fingerprint density at radius 1 is 1.07 bits per heavy atom. The Morgan fingerprint density at radius 2 is 1.61 bits per heavy atom. The van der Waals surface area contributed by atoms with E-state index in [1.807, 2.05) is 0 Å². The maximum atomic E-state index is 15.4. The van der Waals surface area contributed by atoms with Crippen molar-refractivity contribution in [3.63, 3.8) is 0 Å². The Hall–Kier alpha value is -1.97. The highest BCUT2D eigenvalue weighted by Gasteiger charge is 2.45. The van der Waals surface area contributed by atoms with Crippen molar-refractivity contribution in [1.29, 1.82) is 0 Å². The minimum atomic E-state index is -4.49. The van der Waals surface area contributed by atoms with Gasteiger partial charge in [-0.2, -0.15) is 9.88 Å². The van der Waals surface area contributed by atoms with Crippen molar-refractivity contribution >= 4 is 54.5 Å². The van der Waals surface area contributed by atoms with E-state index in [0.29, 0.717) is 4.90 Å². The van der Waals surface area contributed by atoms with E-state index in [1.54, 1.807) is 69.2 Å². The highest BCUT2D eigenvalue weighted by Crippen LogP contribution is 2.50. The maximum absolute atomic E-state index is 15.4. The fourth-order valence-corrected chi connectivity index (χ4v) is 6.91. The zero-order chi connectivity index (χ0) is 33.8. The summed E-state index contributed by atoms with van der Waals surface area (Å²) in [5, 5.41) is -1.81. The lowest BCUT2D eigenvalue weighted by atomic mass is 10.00. The van der Waals surface area contributed by atoms with Gasteiger partial charge in [0.05, 0.1) is 13.2 Å². The lowest BCUT2D eigenvalue weighted by molar-refractivity contribution is -0.117. The molecule has 1 fully saturated rings. The van der Waals surface area contributed by atoms with Crippen molar-refractivity contribution in [2.75, 3.05) is 23.9 Å². The monoisotopic (exact) mass is 683 g/mol. The van der Waals surface area contributed by atoms with Gasteiger partial charge in [-0.3, -0.25) is 18.4 Å². The minimum absolute atomic E-state index is 0.0915. The van der Waals surface area contributed by atoms with Gasteiger partial charge in [0.2, 0.25) is 0 Å². The molecule has 2 rings (SSSR count). The summed E-state index contributed by atoms with van der Waals surface area (Å²) in [5.74, 6) is -0.920. The molecular formula is C27H43FN3O10PS2. The molecule has 0 spiro atoms. The number of thioether (sulfide) groups is 2. The third kappa shape index (κ3) is 11.4. The van der Waals surface area contributed by atoms with Crippen molar-refractivity contribution < 1.29 is 46.8 Å². The number of halogens is 1. The molecule has 0 bridgehead atoms. The lowest BCUT2D eigenvalue weighted by Gasteiger charge is -2.28. The molecule has 1 N–H and O–H groups in total. The molecular weight excluding hydrogens is 640 g/mol. The van der Waals surface area contributed by atoms with Crippen LogP contribution in [0.1, 0.15) is 74.6 Å². The summed E-state index contributed by atoms with van der Waals surface area (Å²) in [6.07, 6.45) is -2.61. The number of carbonyl (C=O) groups is 3. The van der Waals surface area contributed by atoms with Crippen LogP contribution >= 0.6 is 31.3 Å². The van der Waals surface area contributed by atoms with E-state index < -0.39 is 65.0 Å². The fraction of sp³-hybridized carbons (Fsp3) is 0.741. The van der Waals surface area contributed by atoms with E-state index in [-0.39, 0.29) is 29.9 Å². The summed E-state index contributed by atoms with van der Waals surface area (Å²) in [6, 6.07) is 1.19. The molecule has 44 heavy (non-hydrogen) atoms. The Bertz CT molecular complexity index is 1280. The summed E-state index contributed by atoms with van der Waals surface area (Å²) >= 11 is 1.98. The number of anilines is 1. The molecule has 250 valence electrons. The first kappa shape index (κ1) is 38.2. The van der Waals surface area contributed by atoms with E-state index >= 15 is 4.39 Å². The van der Waals surface area contributed by atoms with E-state index in [4.69, 9.17) is 18.5 Å².